The molecular formula is C5H13N2S2. The predicted octanol–water partition coefficient (Wildman–Crippen LogP) is 0.445. The molecular weight excluding hydrogens is 152 g/mol. The number of hydrogen-bond acceptors (Lipinski definition) is 4. The van der Waals surface area contributed by atoms with Gasteiger partial charge in [0.2, 0.25) is 0 Å². The van der Waals surface area contributed by atoms with Crippen LogP contribution in [0.1, 0.15) is 6.42 Å². The minimum absolute atomic E-state index is 0.280. The summed E-state index contributed by atoms with van der Waals surface area (Å²) < 4.78 is 0. The third-order valence-electron chi connectivity index (χ3n) is 1.05. The monoisotopic (exact) mass is 165 g/mol. The van der Waals surface area contributed by atoms with Crippen LogP contribution in [0, 0.1) is 6.17 Å². The smallest absolute Gasteiger partial charge is 0.109 e. The van der Waals surface area contributed by atoms with Crippen LogP contribution >= 0.6 is 24.4 Å². The van der Waals surface area contributed by atoms with Gasteiger partial charge in [0.25, 0.3) is 0 Å². The van der Waals surface area contributed by atoms with Crippen molar-refractivity contribution < 1.29 is 0 Å². The van der Waals surface area contributed by atoms with Crippen molar-refractivity contribution in [1.29, 1.82) is 0 Å². The van der Waals surface area contributed by atoms with E-state index >= 15 is 0 Å². The first-order valence-corrected chi connectivity index (χ1v) is 4.65. The SMILES string of the molecule is CSC(CCS)[C](N)N. The van der Waals surface area contributed by atoms with Crippen LogP contribution in [0.5, 0.6) is 0 Å². The summed E-state index contributed by atoms with van der Waals surface area (Å²) in [6, 6.07) is 0. The molecule has 0 rings (SSSR count). The predicted molar refractivity (Wildman–Crippen MR) is 47.4 cm³/mol. The van der Waals surface area contributed by atoms with Gasteiger partial charge in [-0.3, -0.25) is 0 Å². The highest BCUT2D eigenvalue weighted by Gasteiger charge is 2.11. The first-order chi connectivity index (χ1) is 4.22. The Morgan fingerprint density at radius 2 is 2.22 bits per heavy atom. The molecule has 0 spiro atoms. The molecule has 0 aliphatic carbocycles. The molecule has 0 amide bonds. The summed E-state index contributed by atoms with van der Waals surface area (Å²) in [5, 5.41) is 0.280. The normalized spacial score (nSPS) is 14.3. The Labute approximate surface area is 66.2 Å². The maximum absolute atomic E-state index is 5.37. The van der Waals surface area contributed by atoms with Gasteiger partial charge in [0.15, 0.2) is 0 Å². The Bertz CT molecular complexity index is 68.0. The highest BCUT2D eigenvalue weighted by Crippen LogP contribution is 2.15. The Kier molecular flexibility index (Phi) is 5.78. The molecule has 0 aliphatic rings. The number of nitrogens with two attached hydrogens (primary N) is 2. The van der Waals surface area contributed by atoms with Crippen molar-refractivity contribution in [2.45, 2.75) is 11.7 Å². The minimum atomic E-state index is 0.280. The summed E-state index contributed by atoms with van der Waals surface area (Å²) in [5.74, 6) is 0.837. The third kappa shape index (κ3) is 4.08. The second kappa shape index (κ2) is 5.41. The van der Waals surface area contributed by atoms with Crippen LogP contribution in [0.25, 0.3) is 0 Å². The molecule has 0 aromatic rings. The van der Waals surface area contributed by atoms with Crippen molar-refractivity contribution in [3.8, 4) is 0 Å². The summed E-state index contributed by atoms with van der Waals surface area (Å²) in [4.78, 5) is 0. The van der Waals surface area contributed by atoms with Crippen LogP contribution in [0.4, 0.5) is 0 Å². The average molecular weight is 165 g/mol. The lowest BCUT2D eigenvalue weighted by molar-refractivity contribution is 0.793. The van der Waals surface area contributed by atoms with Crippen molar-refractivity contribution in [2.75, 3.05) is 12.0 Å². The molecule has 4 N–H and O–H groups in total. The van der Waals surface area contributed by atoms with Crippen molar-refractivity contribution in [2.24, 2.45) is 11.5 Å². The second-order valence-corrected chi connectivity index (χ2v) is 3.22. The van der Waals surface area contributed by atoms with E-state index in [2.05, 4.69) is 12.6 Å². The molecule has 0 saturated carbocycles. The standard InChI is InChI=1S/C5H13N2S2/c1-9-4(2-3-8)5(6)7/h4,8H,2-3,6-7H2,1H3. The summed E-state index contributed by atoms with van der Waals surface area (Å²) >= 11 is 5.74. The van der Waals surface area contributed by atoms with E-state index in [1.54, 1.807) is 11.8 Å². The van der Waals surface area contributed by atoms with Crippen LogP contribution in [0.3, 0.4) is 0 Å². The van der Waals surface area contributed by atoms with Gasteiger partial charge in [-0.05, 0) is 18.4 Å². The second-order valence-electron chi connectivity index (χ2n) is 1.74. The molecule has 9 heavy (non-hydrogen) atoms. The Morgan fingerprint density at radius 3 is 2.33 bits per heavy atom. The van der Waals surface area contributed by atoms with Gasteiger partial charge >= 0.3 is 0 Å². The number of rotatable bonds is 4. The van der Waals surface area contributed by atoms with Gasteiger partial charge < -0.3 is 11.5 Å². The Hall–Kier alpha value is 0.620. The van der Waals surface area contributed by atoms with E-state index < -0.39 is 0 Å². The van der Waals surface area contributed by atoms with E-state index in [0.29, 0.717) is 6.17 Å². The van der Waals surface area contributed by atoms with Crippen molar-refractivity contribution >= 4 is 24.4 Å². The highest BCUT2D eigenvalue weighted by molar-refractivity contribution is 7.99. The van der Waals surface area contributed by atoms with E-state index in [-0.39, 0.29) is 5.25 Å². The molecule has 55 valence electrons. The van der Waals surface area contributed by atoms with Crippen LogP contribution in [0.15, 0.2) is 0 Å². The molecule has 1 atom stereocenters. The van der Waals surface area contributed by atoms with Crippen molar-refractivity contribution in [3.63, 3.8) is 0 Å². The fourth-order valence-corrected chi connectivity index (χ4v) is 1.60. The lowest BCUT2D eigenvalue weighted by Crippen LogP contribution is -2.31. The zero-order valence-electron chi connectivity index (χ0n) is 5.50. The first kappa shape index (κ1) is 9.62. The van der Waals surface area contributed by atoms with Gasteiger partial charge in [0.05, 0.1) is 0 Å². The fraction of sp³-hybridized carbons (Fsp3) is 0.800. The van der Waals surface area contributed by atoms with E-state index in [1.165, 1.54) is 0 Å². The Balaban J connectivity index is 3.41. The molecule has 0 saturated heterocycles. The fourth-order valence-electron chi connectivity index (χ4n) is 0.538. The first-order valence-electron chi connectivity index (χ1n) is 2.73. The highest BCUT2D eigenvalue weighted by atomic mass is 32.2. The largest absolute Gasteiger partial charge is 0.310 e. The summed E-state index contributed by atoms with van der Waals surface area (Å²) in [6.45, 7) is 0. The molecule has 0 aromatic heterocycles. The van der Waals surface area contributed by atoms with Crippen LogP contribution < -0.4 is 11.5 Å². The van der Waals surface area contributed by atoms with E-state index in [9.17, 15) is 0 Å². The summed E-state index contributed by atoms with van der Waals surface area (Å²) in [5.41, 5.74) is 10.7. The molecule has 2 nitrogen and oxygen atoms in total. The zero-order chi connectivity index (χ0) is 7.28. The van der Waals surface area contributed by atoms with E-state index in [0.717, 1.165) is 12.2 Å². The van der Waals surface area contributed by atoms with E-state index in [4.69, 9.17) is 11.5 Å². The molecule has 1 radical (unpaired) electrons. The lowest BCUT2D eigenvalue weighted by atomic mass is 10.3. The maximum Gasteiger partial charge on any atom is 0.109 e. The minimum Gasteiger partial charge on any atom is -0.310 e. The van der Waals surface area contributed by atoms with Crippen molar-refractivity contribution in [3.05, 3.63) is 6.17 Å². The Morgan fingerprint density at radius 1 is 1.67 bits per heavy atom. The zero-order valence-corrected chi connectivity index (χ0v) is 7.21. The molecule has 0 aromatic carbocycles. The number of thioether (sulfide) groups is 1. The molecule has 0 aliphatic heterocycles. The number of hydrogen-bond donors (Lipinski definition) is 3. The van der Waals surface area contributed by atoms with Crippen LogP contribution in [-0.4, -0.2) is 17.3 Å². The quantitative estimate of drug-likeness (QED) is 0.530. The van der Waals surface area contributed by atoms with E-state index in [1.807, 2.05) is 6.26 Å². The van der Waals surface area contributed by atoms with Gasteiger partial charge in [-0.2, -0.15) is 24.4 Å². The third-order valence-corrected chi connectivity index (χ3v) is 2.38. The molecule has 1 unspecified atom stereocenters. The summed E-state index contributed by atoms with van der Waals surface area (Å²) in [7, 11) is 0. The molecule has 0 heterocycles. The topological polar surface area (TPSA) is 52.0 Å². The van der Waals surface area contributed by atoms with Crippen LogP contribution in [0.2, 0.25) is 0 Å². The van der Waals surface area contributed by atoms with Gasteiger partial charge in [-0.15, -0.1) is 0 Å². The lowest BCUT2D eigenvalue weighted by Gasteiger charge is -2.14. The molecule has 0 fully saturated rings. The van der Waals surface area contributed by atoms with Gasteiger partial charge in [0, 0.05) is 5.25 Å². The van der Waals surface area contributed by atoms with Gasteiger partial charge in [0.1, 0.15) is 6.17 Å². The van der Waals surface area contributed by atoms with Crippen molar-refractivity contribution in [1.82, 2.24) is 0 Å². The van der Waals surface area contributed by atoms with Gasteiger partial charge in [-0.25, -0.2) is 0 Å². The van der Waals surface area contributed by atoms with Gasteiger partial charge in [-0.1, -0.05) is 0 Å². The number of thiol groups is 1. The maximum atomic E-state index is 5.37. The van der Waals surface area contributed by atoms with Crippen LogP contribution in [-0.2, 0) is 0 Å². The average Bonchev–Trinajstić information content (AvgIpc) is 1.82. The molecule has 4 heteroatoms. The summed E-state index contributed by atoms with van der Waals surface area (Å²) in [6.07, 6.45) is 3.46. The molecule has 0 bridgehead atoms.